The van der Waals surface area contributed by atoms with Crippen molar-refractivity contribution in [2.24, 2.45) is 0 Å². The van der Waals surface area contributed by atoms with Crippen molar-refractivity contribution in [3.63, 3.8) is 0 Å². The summed E-state index contributed by atoms with van der Waals surface area (Å²) < 4.78 is 15.8. The number of rotatable bonds is 6. The number of carbonyl (C=O) groups excluding carboxylic acids is 1. The van der Waals surface area contributed by atoms with Crippen molar-refractivity contribution in [3.05, 3.63) is 30.1 Å². The number of carbonyl (C=O) groups is 1. The van der Waals surface area contributed by atoms with Gasteiger partial charge in [0.2, 0.25) is 11.9 Å². The number of nitrogens with one attached hydrogen (secondary N) is 1. The molecule has 0 bridgehead atoms. The van der Waals surface area contributed by atoms with Gasteiger partial charge in [0, 0.05) is 19.1 Å². The summed E-state index contributed by atoms with van der Waals surface area (Å²) in [6.07, 6.45) is 4.64. The Morgan fingerprint density at radius 3 is 2.72 bits per heavy atom. The lowest BCUT2D eigenvalue weighted by molar-refractivity contribution is -0.113. The Morgan fingerprint density at radius 2 is 2.00 bits per heavy atom. The van der Waals surface area contributed by atoms with Crippen LogP contribution < -0.4 is 10.2 Å². The molecule has 1 amide bonds. The maximum Gasteiger partial charge on any atom is 0.234 e. The summed E-state index contributed by atoms with van der Waals surface area (Å²) in [4.78, 5) is 14.4. The Hall–Kier alpha value is -2.09. The number of para-hydroxylation sites is 1. The number of amides is 1. The van der Waals surface area contributed by atoms with Gasteiger partial charge in [-0.3, -0.25) is 9.36 Å². The lowest BCUT2D eigenvalue weighted by Crippen LogP contribution is -2.22. The van der Waals surface area contributed by atoms with E-state index in [0.717, 1.165) is 37.0 Å². The van der Waals surface area contributed by atoms with Crippen molar-refractivity contribution in [2.75, 3.05) is 29.1 Å². The number of anilines is 2. The molecule has 2 heterocycles. The average Bonchev–Trinajstić information content (AvgIpc) is 3.13. The molecule has 0 unspecified atom stereocenters. The van der Waals surface area contributed by atoms with Crippen LogP contribution in [0.1, 0.15) is 31.7 Å². The maximum absolute atomic E-state index is 13.6. The van der Waals surface area contributed by atoms with Crippen LogP contribution in [0.4, 0.5) is 16.0 Å². The molecule has 1 saturated carbocycles. The first-order valence-electron chi connectivity index (χ1n) is 8.59. The van der Waals surface area contributed by atoms with Gasteiger partial charge in [0.1, 0.15) is 5.82 Å². The van der Waals surface area contributed by atoms with Crippen LogP contribution in [0.2, 0.25) is 0 Å². The van der Waals surface area contributed by atoms with Gasteiger partial charge in [0.25, 0.3) is 0 Å². The molecule has 2 aliphatic rings. The third-order valence-corrected chi connectivity index (χ3v) is 5.37. The number of aromatic nitrogens is 3. The fraction of sp³-hybridized carbons (Fsp3) is 0.471. The highest BCUT2D eigenvalue weighted by atomic mass is 32.2. The molecule has 0 spiro atoms. The first-order chi connectivity index (χ1) is 12.2. The first-order valence-corrected chi connectivity index (χ1v) is 9.58. The lowest BCUT2D eigenvalue weighted by Gasteiger charge is -2.17. The molecule has 1 saturated heterocycles. The quantitative estimate of drug-likeness (QED) is 0.801. The molecular formula is C17H20FN5OS. The number of hydrogen-bond acceptors (Lipinski definition) is 5. The van der Waals surface area contributed by atoms with Gasteiger partial charge in [-0.15, -0.1) is 10.2 Å². The third kappa shape index (κ3) is 3.63. The normalized spacial score (nSPS) is 17.1. The van der Waals surface area contributed by atoms with E-state index in [-0.39, 0.29) is 17.3 Å². The number of halogens is 1. The van der Waals surface area contributed by atoms with Gasteiger partial charge >= 0.3 is 0 Å². The molecule has 6 nitrogen and oxygen atoms in total. The van der Waals surface area contributed by atoms with Crippen LogP contribution in [-0.2, 0) is 4.79 Å². The largest absolute Gasteiger partial charge is 0.341 e. The van der Waals surface area contributed by atoms with Gasteiger partial charge in [-0.05, 0) is 37.8 Å². The summed E-state index contributed by atoms with van der Waals surface area (Å²) in [7, 11) is 0. The van der Waals surface area contributed by atoms with Crippen LogP contribution in [0.3, 0.4) is 0 Å². The minimum atomic E-state index is -0.432. The van der Waals surface area contributed by atoms with Crippen molar-refractivity contribution in [1.82, 2.24) is 14.8 Å². The van der Waals surface area contributed by atoms with E-state index < -0.39 is 5.82 Å². The Kier molecular flexibility index (Phi) is 4.61. The van der Waals surface area contributed by atoms with Gasteiger partial charge in [-0.1, -0.05) is 23.9 Å². The second-order valence-corrected chi connectivity index (χ2v) is 7.34. The minimum absolute atomic E-state index is 0.180. The smallest absolute Gasteiger partial charge is 0.234 e. The van der Waals surface area contributed by atoms with Gasteiger partial charge in [-0.2, -0.15) is 0 Å². The zero-order valence-electron chi connectivity index (χ0n) is 13.8. The standard InChI is InChI=1S/C17H20FN5OS/c18-13-5-1-2-6-14(13)19-15(24)11-25-17-21-20-16(22-9-3-4-10-22)23(17)12-7-8-12/h1-2,5-6,12H,3-4,7-11H2,(H,19,24). The summed E-state index contributed by atoms with van der Waals surface area (Å²) in [6, 6.07) is 6.61. The van der Waals surface area contributed by atoms with E-state index in [0.29, 0.717) is 6.04 Å². The van der Waals surface area contributed by atoms with Crippen molar-refractivity contribution >= 4 is 29.3 Å². The predicted octanol–water partition coefficient (Wildman–Crippen LogP) is 3.08. The second-order valence-electron chi connectivity index (χ2n) is 6.39. The van der Waals surface area contributed by atoms with Crippen molar-refractivity contribution in [2.45, 2.75) is 36.9 Å². The minimum Gasteiger partial charge on any atom is -0.341 e. The number of benzene rings is 1. The highest BCUT2D eigenvalue weighted by molar-refractivity contribution is 7.99. The summed E-state index contributed by atoms with van der Waals surface area (Å²) in [5, 5.41) is 12.0. The summed E-state index contributed by atoms with van der Waals surface area (Å²) >= 11 is 1.36. The molecule has 2 aromatic rings. The van der Waals surface area contributed by atoms with Crippen LogP contribution in [0.25, 0.3) is 0 Å². The Labute approximate surface area is 149 Å². The molecule has 1 aliphatic heterocycles. The fourth-order valence-electron chi connectivity index (χ4n) is 3.03. The molecular weight excluding hydrogens is 341 g/mol. The SMILES string of the molecule is O=C(CSc1nnc(N2CCCC2)n1C1CC1)Nc1ccccc1F. The van der Waals surface area contributed by atoms with Gasteiger partial charge < -0.3 is 10.2 Å². The lowest BCUT2D eigenvalue weighted by atomic mass is 10.3. The monoisotopic (exact) mass is 361 g/mol. The summed E-state index contributed by atoms with van der Waals surface area (Å²) in [5.74, 6) is 0.428. The first kappa shape index (κ1) is 16.4. The number of nitrogens with zero attached hydrogens (tertiary/aromatic N) is 4. The molecule has 1 aromatic carbocycles. The maximum atomic E-state index is 13.6. The molecule has 0 radical (unpaired) electrons. The van der Waals surface area contributed by atoms with E-state index in [1.54, 1.807) is 18.2 Å². The zero-order chi connectivity index (χ0) is 17.2. The average molecular weight is 361 g/mol. The van der Waals surface area contributed by atoms with Crippen LogP contribution in [0, 0.1) is 5.82 Å². The molecule has 132 valence electrons. The highest BCUT2D eigenvalue weighted by Gasteiger charge is 2.32. The third-order valence-electron chi connectivity index (χ3n) is 4.43. The Morgan fingerprint density at radius 1 is 1.24 bits per heavy atom. The van der Waals surface area contributed by atoms with Gasteiger partial charge in [-0.25, -0.2) is 4.39 Å². The van der Waals surface area contributed by atoms with Crippen molar-refractivity contribution < 1.29 is 9.18 Å². The molecule has 8 heteroatoms. The fourth-order valence-corrected chi connectivity index (χ4v) is 3.83. The van der Waals surface area contributed by atoms with E-state index in [1.165, 1.54) is 30.7 Å². The predicted molar refractivity (Wildman–Crippen MR) is 95.5 cm³/mol. The van der Waals surface area contributed by atoms with E-state index >= 15 is 0 Å². The van der Waals surface area contributed by atoms with Crippen LogP contribution in [0.5, 0.6) is 0 Å². The summed E-state index contributed by atoms with van der Waals surface area (Å²) in [5.41, 5.74) is 0.203. The summed E-state index contributed by atoms with van der Waals surface area (Å²) in [6.45, 7) is 2.03. The van der Waals surface area contributed by atoms with Crippen LogP contribution in [-0.4, -0.2) is 39.5 Å². The van der Waals surface area contributed by atoms with E-state index in [9.17, 15) is 9.18 Å². The van der Waals surface area contributed by atoms with Crippen LogP contribution >= 0.6 is 11.8 Å². The van der Waals surface area contributed by atoms with E-state index in [1.807, 2.05) is 0 Å². The molecule has 1 N–H and O–H groups in total. The van der Waals surface area contributed by atoms with Gasteiger partial charge in [0.15, 0.2) is 5.16 Å². The molecule has 1 aromatic heterocycles. The molecule has 4 rings (SSSR count). The van der Waals surface area contributed by atoms with Gasteiger partial charge in [0.05, 0.1) is 11.4 Å². The van der Waals surface area contributed by atoms with Crippen molar-refractivity contribution in [3.8, 4) is 0 Å². The van der Waals surface area contributed by atoms with Crippen molar-refractivity contribution in [1.29, 1.82) is 0 Å². The Bertz CT molecular complexity index is 770. The molecule has 25 heavy (non-hydrogen) atoms. The highest BCUT2D eigenvalue weighted by Crippen LogP contribution is 2.41. The number of thioether (sulfide) groups is 1. The molecule has 1 aliphatic carbocycles. The van der Waals surface area contributed by atoms with E-state index in [2.05, 4.69) is 25.0 Å². The van der Waals surface area contributed by atoms with Crippen LogP contribution in [0.15, 0.2) is 29.4 Å². The second kappa shape index (κ2) is 7.03. The Balaban J connectivity index is 1.42. The van der Waals surface area contributed by atoms with E-state index in [4.69, 9.17) is 0 Å². The zero-order valence-corrected chi connectivity index (χ0v) is 14.6. The molecule has 2 fully saturated rings. The number of hydrogen-bond donors (Lipinski definition) is 1. The molecule has 0 atom stereocenters. The topological polar surface area (TPSA) is 63.1 Å².